The van der Waals surface area contributed by atoms with Crippen LogP contribution in [0.2, 0.25) is 0 Å². The van der Waals surface area contributed by atoms with Gasteiger partial charge in [-0.15, -0.1) is 37.9 Å². The maximum absolute atomic E-state index is 4.18. The number of hydrogen-bond donors (Lipinski definition) is 0. The Kier molecular flexibility index (Phi) is 189. The van der Waals surface area contributed by atoms with E-state index in [9.17, 15) is 0 Å². The number of nitrogens with zero attached hydrogens (tertiary/aromatic N) is 1. The number of hydrogen-bond acceptors (Lipinski definition) is 0. The normalized spacial score (nSPS) is 10.3. The summed E-state index contributed by atoms with van der Waals surface area (Å²) < 4.78 is 0. The van der Waals surface area contributed by atoms with Crippen LogP contribution >= 0.6 is 24.8 Å². The van der Waals surface area contributed by atoms with E-state index in [0.29, 0.717) is 0 Å². The molecule has 1 nitrogen and oxygen atoms in total. The Balaban J connectivity index is -0.00000000571. The molecular weight excluding hydrogens is 265 g/mol. The van der Waals surface area contributed by atoms with Crippen molar-refractivity contribution in [2.24, 2.45) is 0 Å². The van der Waals surface area contributed by atoms with Crippen LogP contribution in [0.3, 0.4) is 0 Å². The Labute approximate surface area is 131 Å². The molecule has 0 radical (unpaired) electrons. The van der Waals surface area contributed by atoms with Crippen LogP contribution in [0.5, 0.6) is 0 Å². The third kappa shape index (κ3) is 37.2. The van der Waals surface area contributed by atoms with E-state index in [4.69, 9.17) is 0 Å². The summed E-state index contributed by atoms with van der Waals surface area (Å²) in [7, 11) is 0. The fourth-order valence-corrected chi connectivity index (χ4v) is 0.736. The van der Waals surface area contributed by atoms with E-state index < -0.39 is 0 Å². The van der Waals surface area contributed by atoms with Crippen molar-refractivity contribution in [2.45, 2.75) is 19.3 Å². The molecule has 0 aliphatic carbocycles. The second kappa shape index (κ2) is 46.4. The smallest absolute Gasteiger partial charge is 1.00 e. The monoisotopic (exact) mass is 288 g/mol. The zero-order valence-electron chi connectivity index (χ0n) is 11.5. The van der Waals surface area contributed by atoms with Crippen LogP contribution in [0.25, 0.3) is 5.32 Å². The quantitative estimate of drug-likeness (QED) is 0.472. The van der Waals surface area contributed by atoms with E-state index >= 15 is 0 Å². The Morgan fingerprint density at radius 2 is 1.00 bits per heavy atom. The minimum atomic E-state index is 0. The summed E-state index contributed by atoms with van der Waals surface area (Å²) in [6, 6.07) is 0. The Morgan fingerprint density at radius 3 is 1.07 bits per heavy atom. The van der Waals surface area contributed by atoms with E-state index in [1.807, 2.05) is 0 Å². The Morgan fingerprint density at radius 1 is 0.714 bits per heavy atom. The fourth-order valence-electron chi connectivity index (χ4n) is 0.736. The van der Waals surface area contributed by atoms with Crippen molar-refractivity contribution in [3.05, 3.63) is 35.0 Å². The van der Waals surface area contributed by atoms with Gasteiger partial charge in [0, 0.05) is 19.5 Å². The maximum atomic E-state index is 4.18. The van der Waals surface area contributed by atoms with Crippen LogP contribution in [0, 0.1) is 29.7 Å². The molecule has 0 bridgehead atoms. The van der Waals surface area contributed by atoms with Gasteiger partial charge in [0.25, 0.3) is 0 Å². The summed E-state index contributed by atoms with van der Waals surface area (Å²) in [6.07, 6.45) is 4.07. The van der Waals surface area contributed by atoms with Gasteiger partial charge in [0.15, 0.2) is 0 Å². The van der Waals surface area contributed by atoms with Gasteiger partial charge in [-0.1, -0.05) is 19.3 Å². The molecule has 0 N–H and O–H groups in total. The molecule has 0 saturated carbocycles. The zero-order valence-corrected chi connectivity index (χ0v) is 15.1. The molecule has 0 amide bonds. The van der Waals surface area contributed by atoms with Gasteiger partial charge in [-0.05, 0) is 0 Å². The van der Waals surface area contributed by atoms with Gasteiger partial charge in [-0.25, -0.2) is 0 Å². The first kappa shape index (κ1) is 57.0. The second-order valence-electron chi connectivity index (χ2n) is 1.73. The molecule has 0 spiro atoms. The van der Waals surface area contributed by atoms with Gasteiger partial charge in [0.2, 0.25) is 0 Å². The second-order valence-corrected chi connectivity index (χ2v) is 1.73. The summed E-state index contributed by atoms with van der Waals surface area (Å²) >= 11 is 0. The zero-order chi connectivity index (χ0) is 4.24. The molecule has 1 aliphatic rings. The molecule has 88 valence electrons. The molecular formula is C9H25Cl2LiNZn-5. The molecule has 5 heteroatoms. The van der Waals surface area contributed by atoms with E-state index in [0.717, 1.165) is 13.1 Å². The average molecular weight is 291 g/mol. The summed E-state index contributed by atoms with van der Waals surface area (Å²) in [5.74, 6) is 0. The summed E-state index contributed by atoms with van der Waals surface area (Å²) in [5, 5.41) is 4.18. The number of rotatable bonds is 0. The molecule has 1 rings (SSSR count). The Bertz CT molecular complexity index is 43.6. The van der Waals surface area contributed by atoms with Crippen molar-refractivity contribution in [3.63, 3.8) is 0 Å². The minimum absolute atomic E-state index is 0. The van der Waals surface area contributed by atoms with Crippen LogP contribution < -0.4 is 18.9 Å². The van der Waals surface area contributed by atoms with Gasteiger partial charge in [-0.2, -0.15) is 0 Å². The van der Waals surface area contributed by atoms with Crippen molar-refractivity contribution in [1.29, 1.82) is 0 Å². The van der Waals surface area contributed by atoms with Gasteiger partial charge in [0.05, 0.1) is 0 Å². The number of halogens is 2. The molecule has 14 heavy (non-hydrogen) atoms. The van der Waals surface area contributed by atoms with E-state index in [2.05, 4.69) is 5.32 Å². The maximum Gasteiger partial charge on any atom is 1.00 e. The number of piperidine rings is 1. The molecule has 0 aromatic carbocycles. The first-order valence-corrected chi connectivity index (χ1v) is 2.63. The van der Waals surface area contributed by atoms with Crippen LogP contribution in [-0.4, -0.2) is 13.1 Å². The van der Waals surface area contributed by atoms with E-state index in [1.165, 1.54) is 19.3 Å². The van der Waals surface area contributed by atoms with Crippen molar-refractivity contribution < 1.29 is 39.8 Å². The topological polar surface area (TPSA) is 14.1 Å². The predicted octanol–water partition coefficient (Wildman–Crippen LogP) is 1.30. The molecule has 1 saturated heterocycles. The molecule has 0 aromatic heterocycles. The molecule has 0 unspecified atom stereocenters. The van der Waals surface area contributed by atoms with Crippen LogP contribution in [-0.2, 0) is 19.5 Å². The van der Waals surface area contributed by atoms with Crippen molar-refractivity contribution in [1.82, 2.24) is 0 Å². The van der Waals surface area contributed by atoms with Crippen LogP contribution in [0.1, 0.15) is 20.7 Å². The predicted molar refractivity (Wildman–Crippen MR) is 68.2 cm³/mol. The van der Waals surface area contributed by atoms with Gasteiger partial charge in [-0.3, -0.25) is 0 Å². The van der Waals surface area contributed by atoms with Crippen LogP contribution in [0.4, 0.5) is 0 Å². The summed E-state index contributed by atoms with van der Waals surface area (Å²) in [6.45, 7) is 2.25. The van der Waals surface area contributed by atoms with Gasteiger partial charge in [0.1, 0.15) is 0 Å². The van der Waals surface area contributed by atoms with E-state index in [-0.39, 0.29) is 94.3 Å². The summed E-state index contributed by atoms with van der Waals surface area (Å²) in [5.41, 5.74) is 0. The Hall–Kier alpha value is 1.76. The van der Waals surface area contributed by atoms with Gasteiger partial charge < -0.3 is 36.5 Å². The van der Waals surface area contributed by atoms with Crippen LogP contribution in [0.15, 0.2) is 0 Å². The standard InChI is InChI=1S/C5H10N.4CH3.2ClH.Li.Zn.H/c1-2-4-6-5-3-1;;;;;;;;;/h1-5H2;4*1H3;2*1H;;;/q5*-1;;;+1;;-1. The first-order chi connectivity index (χ1) is 3.00. The molecule has 1 fully saturated rings. The molecule has 1 heterocycles. The van der Waals surface area contributed by atoms with Gasteiger partial charge >= 0.3 is 18.9 Å². The fraction of sp³-hybridized carbons (Fsp3) is 0.556. The largest absolute Gasteiger partial charge is 1.00 e. The minimum Gasteiger partial charge on any atom is -1.00 e. The third-order valence-electron chi connectivity index (χ3n) is 1.13. The van der Waals surface area contributed by atoms with Crippen molar-refractivity contribution in [3.8, 4) is 0 Å². The van der Waals surface area contributed by atoms with Crippen molar-refractivity contribution >= 4 is 24.8 Å². The average Bonchev–Trinajstić information content (AvgIpc) is 1.72. The summed E-state index contributed by atoms with van der Waals surface area (Å²) in [4.78, 5) is 0. The molecule has 1 aliphatic heterocycles. The van der Waals surface area contributed by atoms with Crippen molar-refractivity contribution in [2.75, 3.05) is 13.1 Å². The molecule has 0 atom stereocenters. The molecule has 0 aromatic rings. The SMILES string of the molecule is C1CC[N-]CC1.Cl.Cl.[CH3-].[CH3-].[CH3-].[CH3-].[H-].[Li+].[Zn]. The first-order valence-electron chi connectivity index (χ1n) is 2.63. The van der Waals surface area contributed by atoms with E-state index in [1.54, 1.807) is 0 Å². The third-order valence-corrected chi connectivity index (χ3v) is 1.13.